The van der Waals surface area contributed by atoms with E-state index in [1.807, 2.05) is 0 Å². The summed E-state index contributed by atoms with van der Waals surface area (Å²) in [6.45, 7) is 0.649. The lowest BCUT2D eigenvalue weighted by atomic mass is 10.2. The maximum atomic E-state index is 11.7. The van der Waals surface area contributed by atoms with E-state index in [0.717, 1.165) is 24.2 Å². The molecule has 3 rings (SSSR count). The van der Waals surface area contributed by atoms with Crippen molar-refractivity contribution < 1.29 is 9.90 Å². The van der Waals surface area contributed by atoms with Gasteiger partial charge < -0.3 is 15.7 Å². The van der Waals surface area contributed by atoms with Gasteiger partial charge in [0.1, 0.15) is 0 Å². The minimum Gasteiger partial charge on any atom is -0.391 e. The summed E-state index contributed by atoms with van der Waals surface area (Å²) in [6, 6.07) is 3.32. The highest BCUT2D eigenvalue weighted by atomic mass is 16.3. The van der Waals surface area contributed by atoms with Crippen molar-refractivity contribution in [2.45, 2.75) is 25.5 Å². The van der Waals surface area contributed by atoms with Crippen LogP contribution < -0.4 is 10.6 Å². The number of carbonyl (C=O) groups excluding carboxylic acids is 1. The van der Waals surface area contributed by atoms with Crippen LogP contribution in [0.5, 0.6) is 0 Å². The van der Waals surface area contributed by atoms with E-state index in [-0.39, 0.29) is 6.03 Å². The Morgan fingerprint density at radius 1 is 1.40 bits per heavy atom. The molecule has 1 aliphatic rings. The molecule has 7 nitrogen and oxygen atoms in total. The Balaban J connectivity index is 1.51. The molecular formula is C13H17N5O2. The summed E-state index contributed by atoms with van der Waals surface area (Å²) in [5.74, 6) is 0.360. The molecule has 1 fully saturated rings. The molecule has 0 spiro atoms. The number of rotatable bonds is 5. The summed E-state index contributed by atoms with van der Waals surface area (Å²) in [6.07, 6.45) is 5.03. The molecule has 0 saturated heterocycles. The van der Waals surface area contributed by atoms with Crippen LogP contribution in [0.25, 0.3) is 5.65 Å². The van der Waals surface area contributed by atoms with Crippen molar-refractivity contribution in [3.05, 3.63) is 30.2 Å². The third-order valence-electron chi connectivity index (χ3n) is 3.44. The van der Waals surface area contributed by atoms with E-state index < -0.39 is 6.10 Å². The Morgan fingerprint density at radius 2 is 2.25 bits per heavy atom. The molecule has 106 valence electrons. The summed E-state index contributed by atoms with van der Waals surface area (Å²) in [5.41, 5.74) is 1.59. The van der Waals surface area contributed by atoms with Crippen LogP contribution >= 0.6 is 0 Å². The molecule has 0 aliphatic heterocycles. The average Bonchev–Trinajstić information content (AvgIpc) is 3.20. The minimum atomic E-state index is -0.431. The van der Waals surface area contributed by atoms with Crippen molar-refractivity contribution in [1.29, 1.82) is 0 Å². The number of aromatic nitrogens is 3. The molecule has 2 heterocycles. The molecule has 2 aromatic heterocycles. The number of carbonyl (C=O) groups is 1. The normalized spacial score (nSPS) is 16.1. The Hall–Kier alpha value is -2.15. The first kappa shape index (κ1) is 12.9. The third kappa shape index (κ3) is 2.88. The first-order valence-electron chi connectivity index (χ1n) is 6.71. The molecule has 3 N–H and O–H groups in total. The fourth-order valence-electron chi connectivity index (χ4n) is 2.10. The van der Waals surface area contributed by atoms with E-state index in [0.29, 0.717) is 19.0 Å². The molecular weight excluding hydrogens is 258 g/mol. The zero-order valence-corrected chi connectivity index (χ0v) is 11.0. The number of aliphatic hydroxyl groups is 1. The van der Waals surface area contributed by atoms with E-state index in [2.05, 4.69) is 20.7 Å². The second kappa shape index (κ2) is 5.46. The minimum absolute atomic E-state index is 0.290. The number of aliphatic hydroxyl groups excluding tert-OH is 1. The molecule has 0 bridgehead atoms. The number of urea groups is 1. The Labute approximate surface area is 116 Å². The topological polar surface area (TPSA) is 91.6 Å². The SMILES string of the molecule is O=C(NCc1ccnc2ccnn12)NCC(O)C1CC1. The van der Waals surface area contributed by atoms with Crippen molar-refractivity contribution in [2.75, 3.05) is 6.54 Å². The molecule has 1 unspecified atom stereocenters. The summed E-state index contributed by atoms with van der Waals surface area (Å²) >= 11 is 0. The van der Waals surface area contributed by atoms with Crippen molar-refractivity contribution in [3.63, 3.8) is 0 Å². The summed E-state index contributed by atoms with van der Waals surface area (Å²) < 4.78 is 1.68. The molecule has 0 aromatic carbocycles. The van der Waals surface area contributed by atoms with E-state index in [4.69, 9.17) is 0 Å². The van der Waals surface area contributed by atoms with Crippen molar-refractivity contribution in [2.24, 2.45) is 5.92 Å². The zero-order valence-electron chi connectivity index (χ0n) is 11.0. The van der Waals surface area contributed by atoms with Crippen molar-refractivity contribution in [1.82, 2.24) is 25.2 Å². The lowest BCUT2D eigenvalue weighted by molar-refractivity contribution is 0.149. The maximum Gasteiger partial charge on any atom is 0.315 e. The van der Waals surface area contributed by atoms with Crippen LogP contribution in [-0.2, 0) is 6.54 Å². The predicted octanol–water partition coefficient (Wildman–Crippen LogP) is 0.299. The number of hydrogen-bond acceptors (Lipinski definition) is 4. The van der Waals surface area contributed by atoms with E-state index >= 15 is 0 Å². The van der Waals surface area contributed by atoms with Gasteiger partial charge in [-0.3, -0.25) is 0 Å². The molecule has 20 heavy (non-hydrogen) atoms. The number of fused-ring (bicyclic) bond motifs is 1. The van der Waals surface area contributed by atoms with Crippen LogP contribution in [0.15, 0.2) is 24.5 Å². The van der Waals surface area contributed by atoms with Crippen LogP contribution in [0.2, 0.25) is 0 Å². The molecule has 2 aromatic rings. The van der Waals surface area contributed by atoms with Gasteiger partial charge in [-0.15, -0.1) is 0 Å². The summed E-state index contributed by atoms with van der Waals surface area (Å²) in [5, 5.41) is 19.2. The number of nitrogens with zero attached hydrogens (tertiary/aromatic N) is 3. The second-order valence-corrected chi connectivity index (χ2v) is 5.01. The van der Waals surface area contributed by atoms with Gasteiger partial charge in [-0.05, 0) is 24.8 Å². The fourth-order valence-corrected chi connectivity index (χ4v) is 2.10. The van der Waals surface area contributed by atoms with Crippen LogP contribution in [0.4, 0.5) is 4.79 Å². The van der Waals surface area contributed by atoms with Crippen molar-refractivity contribution in [3.8, 4) is 0 Å². The predicted molar refractivity (Wildman–Crippen MR) is 72.0 cm³/mol. The molecule has 7 heteroatoms. The van der Waals surface area contributed by atoms with Crippen LogP contribution in [0.3, 0.4) is 0 Å². The lowest BCUT2D eigenvalue weighted by Gasteiger charge is -2.12. The van der Waals surface area contributed by atoms with Gasteiger partial charge in [-0.2, -0.15) is 5.10 Å². The van der Waals surface area contributed by atoms with Crippen LogP contribution in [0, 0.1) is 5.92 Å². The molecule has 2 amide bonds. The zero-order chi connectivity index (χ0) is 13.9. The molecule has 1 aliphatic carbocycles. The van der Waals surface area contributed by atoms with Crippen molar-refractivity contribution >= 4 is 11.7 Å². The van der Waals surface area contributed by atoms with Gasteiger partial charge in [0.05, 0.1) is 24.5 Å². The van der Waals surface area contributed by atoms with Crippen LogP contribution in [0.1, 0.15) is 18.5 Å². The highest BCUT2D eigenvalue weighted by Gasteiger charge is 2.29. The number of nitrogens with one attached hydrogen (secondary N) is 2. The molecule has 1 atom stereocenters. The first-order chi connectivity index (χ1) is 9.74. The van der Waals surface area contributed by atoms with Crippen LogP contribution in [-0.4, -0.2) is 38.4 Å². The Bertz CT molecular complexity index is 608. The third-order valence-corrected chi connectivity index (χ3v) is 3.44. The van der Waals surface area contributed by atoms with E-state index in [9.17, 15) is 9.90 Å². The standard InChI is InChI=1S/C13H17N5O2/c19-11(9-1-2-9)8-16-13(20)15-7-10-3-5-14-12-4-6-17-18(10)12/h3-6,9,11,19H,1-2,7-8H2,(H2,15,16,20). The average molecular weight is 275 g/mol. The lowest BCUT2D eigenvalue weighted by Crippen LogP contribution is -2.40. The second-order valence-electron chi connectivity index (χ2n) is 5.01. The van der Waals surface area contributed by atoms with Gasteiger partial charge in [-0.1, -0.05) is 0 Å². The molecule has 0 radical (unpaired) electrons. The van der Waals surface area contributed by atoms with Gasteiger partial charge in [0, 0.05) is 18.8 Å². The highest BCUT2D eigenvalue weighted by Crippen LogP contribution is 2.32. The summed E-state index contributed by atoms with van der Waals surface area (Å²) in [7, 11) is 0. The Kier molecular flexibility index (Phi) is 3.51. The maximum absolute atomic E-state index is 11.7. The fraction of sp³-hybridized carbons (Fsp3) is 0.462. The van der Waals surface area contributed by atoms with E-state index in [1.54, 1.807) is 29.0 Å². The van der Waals surface area contributed by atoms with Gasteiger partial charge in [-0.25, -0.2) is 14.3 Å². The highest BCUT2D eigenvalue weighted by molar-refractivity contribution is 5.73. The quantitative estimate of drug-likeness (QED) is 0.732. The van der Waals surface area contributed by atoms with Gasteiger partial charge in [0.25, 0.3) is 0 Å². The Morgan fingerprint density at radius 3 is 3.05 bits per heavy atom. The van der Waals surface area contributed by atoms with Gasteiger partial charge >= 0.3 is 6.03 Å². The monoisotopic (exact) mass is 275 g/mol. The largest absolute Gasteiger partial charge is 0.391 e. The first-order valence-corrected chi connectivity index (χ1v) is 6.71. The number of hydrogen-bond donors (Lipinski definition) is 3. The number of amides is 2. The van der Waals surface area contributed by atoms with E-state index in [1.165, 1.54) is 0 Å². The molecule has 1 saturated carbocycles. The van der Waals surface area contributed by atoms with Gasteiger partial charge in [0.15, 0.2) is 5.65 Å². The van der Waals surface area contributed by atoms with Gasteiger partial charge in [0.2, 0.25) is 0 Å². The summed E-state index contributed by atoms with van der Waals surface area (Å²) in [4.78, 5) is 15.8. The smallest absolute Gasteiger partial charge is 0.315 e.